The van der Waals surface area contributed by atoms with Crippen LogP contribution in [-0.2, 0) is 14.9 Å². The molecule has 108 valence electrons. The minimum absolute atomic E-state index is 0.292. The van der Waals surface area contributed by atoms with E-state index in [9.17, 15) is 9.90 Å². The Balaban J connectivity index is 2.18. The maximum atomic E-state index is 12.6. The summed E-state index contributed by atoms with van der Waals surface area (Å²) in [4.78, 5) is 12.6. The third-order valence-electron chi connectivity index (χ3n) is 4.29. The first kappa shape index (κ1) is 13.9. The van der Waals surface area contributed by atoms with E-state index < -0.39 is 11.2 Å². The molecule has 20 heavy (non-hydrogen) atoms. The van der Waals surface area contributed by atoms with Crippen molar-refractivity contribution < 1.29 is 19.4 Å². The number of fused-ring (bicyclic) bond motifs is 3. The van der Waals surface area contributed by atoms with Crippen molar-refractivity contribution in [3.63, 3.8) is 0 Å². The molecule has 0 aromatic heterocycles. The molecule has 0 saturated heterocycles. The van der Waals surface area contributed by atoms with E-state index in [1.165, 1.54) is 0 Å². The Morgan fingerprint density at radius 2 is 2.20 bits per heavy atom. The second kappa shape index (κ2) is 4.74. The maximum absolute atomic E-state index is 12.6. The lowest BCUT2D eigenvalue weighted by molar-refractivity contribution is -0.209. The van der Waals surface area contributed by atoms with Gasteiger partial charge in [-0.15, -0.1) is 0 Å². The van der Waals surface area contributed by atoms with E-state index in [4.69, 9.17) is 9.47 Å². The number of carbonyl (C=O) groups excluding carboxylic acids is 1. The first-order valence-electron chi connectivity index (χ1n) is 6.92. The maximum Gasteiger partial charge on any atom is 0.323 e. The summed E-state index contributed by atoms with van der Waals surface area (Å²) in [7, 11) is 0. The molecule has 0 unspecified atom stereocenters. The van der Waals surface area contributed by atoms with Gasteiger partial charge in [0, 0.05) is 16.5 Å². The molecule has 0 spiro atoms. The smallest absolute Gasteiger partial charge is 0.323 e. The van der Waals surface area contributed by atoms with Crippen LogP contribution < -0.4 is 4.74 Å². The largest absolute Gasteiger partial charge is 0.465 e. The van der Waals surface area contributed by atoms with E-state index in [-0.39, 0.29) is 5.97 Å². The zero-order valence-corrected chi connectivity index (χ0v) is 12.9. The summed E-state index contributed by atoms with van der Waals surface area (Å²) in [5.41, 5.74) is -0.368. The summed E-state index contributed by atoms with van der Waals surface area (Å²) in [6.07, 6.45) is 2.70. The van der Waals surface area contributed by atoms with E-state index in [0.29, 0.717) is 25.2 Å². The highest BCUT2D eigenvalue weighted by Crippen LogP contribution is 2.56. The highest BCUT2D eigenvalue weighted by Gasteiger charge is 2.66. The monoisotopic (exact) mass is 340 g/mol. The molecule has 1 aliphatic heterocycles. The van der Waals surface area contributed by atoms with Gasteiger partial charge in [0.2, 0.25) is 5.79 Å². The number of halogens is 1. The predicted octanol–water partition coefficient (Wildman–Crippen LogP) is 2.91. The molecule has 1 saturated carbocycles. The van der Waals surface area contributed by atoms with Gasteiger partial charge in [-0.1, -0.05) is 22.4 Å². The van der Waals surface area contributed by atoms with Gasteiger partial charge >= 0.3 is 5.97 Å². The molecule has 2 aliphatic rings. The number of esters is 1. The van der Waals surface area contributed by atoms with E-state index >= 15 is 0 Å². The molecule has 1 heterocycles. The summed E-state index contributed by atoms with van der Waals surface area (Å²) in [5, 5.41) is 10.9. The van der Waals surface area contributed by atoms with Crippen molar-refractivity contribution in [1.82, 2.24) is 0 Å². The SMILES string of the molecule is CCOC(=O)[C@]12CCCC[C@@]1(O)Oc1ccc(Br)cc12. The number of rotatable bonds is 2. The Labute approximate surface area is 126 Å². The van der Waals surface area contributed by atoms with Crippen molar-refractivity contribution in [2.45, 2.75) is 43.8 Å². The first-order valence-corrected chi connectivity index (χ1v) is 7.71. The van der Waals surface area contributed by atoms with Crippen molar-refractivity contribution in [2.75, 3.05) is 6.61 Å². The van der Waals surface area contributed by atoms with Gasteiger partial charge in [0.15, 0.2) is 5.41 Å². The van der Waals surface area contributed by atoms with Crippen LogP contribution in [0.4, 0.5) is 0 Å². The summed E-state index contributed by atoms with van der Waals surface area (Å²) in [5.74, 6) is -1.30. The lowest BCUT2D eigenvalue weighted by Gasteiger charge is -2.41. The number of benzene rings is 1. The third kappa shape index (κ3) is 1.72. The second-order valence-corrected chi connectivity index (χ2v) is 6.28. The van der Waals surface area contributed by atoms with Crippen LogP contribution >= 0.6 is 15.9 Å². The van der Waals surface area contributed by atoms with Crippen LogP contribution in [0.15, 0.2) is 22.7 Å². The van der Waals surface area contributed by atoms with Gasteiger partial charge in [-0.05, 0) is 38.0 Å². The fourth-order valence-electron chi connectivity index (χ4n) is 3.38. The van der Waals surface area contributed by atoms with E-state index in [0.717, 1.165) is 22.9 Å². The topological polar surface area (TPSA) is 55.8 Å². The fourth-order valence-corrected chi connectivity index (χ4v) is 3.74. The summed E-state index contributed by atoms with van der Waals surface area (Å²) in [6.45, 7) is 2.06. The van der Waals surface area contributed by atoms with Crippen LogP contribution in [0.2, 0.25) is 0 Å². The molecule has 2 atom stereocenters. The fraction of sp³-hybridized carbons (Fsp3) is 0.533. The van der Waals surface area contributed by atoms with Crippen LogP contribution in [-0.4, -0.2) is 23.5 Å². The van der Waals surface area contributed by atoms with Crippen molar-refractivity contribution >= 4 is 21.9 Å². The van der Waals surface area contributed by atoms with Crippen molar-refractivity contribution in [1.29, 1.82) is 0 Å². The molecule has 0 radical (unpaired) electrons. The Hall–Kier alpha value is -1.07. The van der Waals surface area contributed by atoms with Crippen LogP contribution in [0, 0.1) is 0 Å². The van der Waals surface area contributed by atoms with Gasteiger partial charge in [-0.25, -0.2) is 0 Å². The molecular formula is C15H17BrO4. The Bertz CT molecular complexity index is 559. The van der Waals surface area contributed by atoms with Gasteiger partial charge in [-0.2, -0.15) is 0 Å². The Kier molecular flexibility index (Phi) is 3.29. The number of aliphatic hydroxyl groups is 1. The summed E-state index contributed by atoms with van der Waals surface area (Å²) < 4.78 is 11.9. The molecule has 4 nitrogen and oxygen atoms in total. The Morgan fingerprint density at radius 3 is 2.95 bits per heavy atom. The van der Waals surface area contributed by atoms with Crippen molar-refractivity contribution in [2.24, 2.45) is 0 Å². The molecule has 1 aromatic rings. The third-order valence-corrected chi connectivity index (χ3v) is 4.78. The molecule has 1 fully saturated rings. The Morgan fingerprint density at radius 1 is 1.45 bits per heavy atom. The van der Waals surface area contributed by atoms with Crippen molar-refractivity contribution in [3.8, 4) is 5.75 Å². The average molecular weight is 341 g/mol. The summed E-state index contributed by atoms with van der Waals surface area (Å²) in [6, 6.07) is 5.49. The molecule has 1 aromatic carbocycles. The van der Waals surface area contributed by atoms with Crippen LogP contribution in [0.3, 0.4) is 0 Å². The molecule has 5 heteroatoms. The number of hydrogen-bond donors (Lipinski definition) is 1. The molecule has 1 aliphatic carbocycles. The van der Waals surface area contributed by atoms with Crippen LogP contribution in [0.5, 0.6) is 5.75 Å². The van der Waals surface area contributed by atoms with Gasteiger partial charge < -0.3 is 14.6 Å². The zero-order valence-electron chi connectivity index (χ0n) is 11.3. The molecular weight excluding hydrogens is 324 g/mol. The molecule has 0 amide bonds. The standard InChI is InChI=1S/C15H17BrO4/c1-2-19-13(17)14-7-3-4-8-15(14,18)20-12-6-5-10(16)9-11(12)14/h5-6,9,18H,2-4,7-8H2,1H3/t14-,15-/m1/s1. The van der Waals surface area contributed by atoms with Gasteiger partial charge in [0.05, 0.1) is 6.61 Å². The van der Waals surface area contributed by atoms with E-state index in [2.05, 4.69) is 15.9 Å². The van der Waals surface area contributed by atoms with Gasteiger partial charge in [0.1, 0.15) is 5.75 Å². The normalized spacial score (nSPS) is 31.1. The average Bonchev–Trinajstić information content (AvgIpc) is 2.68. The highest BCUT2D eigenvalue weighted by atomic mass is 79.9. The van der Waals surface area contributed by atoms with Gasteiger partial charge in [0.25, 0.3) is 0 Å². The number of ether oxygens (including phenoxy) is 2. The lowest BCUT2D eigenvalue weighted by Crippen LogP contribution is -2.58. The first-order chi connectivity index (χ1) is 9.53. The summed E-state index contributed by atoms with van der Waals surface area (Å²) >= 11 is 3.42. The van der Waals surface area contributed by atoms with E-state index in [1.807, 2.05) is 12.1 Å². The van der Waals surface area contributed by atoms with Crippen LogP contribution in [0.1, 0.15) is 38.2 Å². The predicted molar refractivity (Wildman–Crippen MR) is 76.5 cm³/mol. The van der Waals surface area contributed by atoms with E-state index in [1.54, 1.807) is 13.0 Å². The minimum atomic E-state index is -1.49. The minimum Gasteiger partial charge on any atom is -0.465 e. The highest BCUT2D eigenvalue weighted by molar-refractivity contribution is 9.10. The lowest BCUT2D eigenvalue weighted by atomic mass is 9.66. The van der Waals surface area contributed by atoms with Crippen LogP contribution in [0.25, 0.3) is 0 Å². The quantitative estimate of drug-likeness (QED) is 0.841. The zero-order chi connectivity index (χ0) is 14.4. The molecule has 1 N–H and O–H groups in total. The van der Waals surface area contributed by atoms with Crippen molar-refractivity contribution in [3.05, 3.63) is 28.2 Å². The number of carbonyl (C=O) groups is 1. The molecule has 3 rings (SSSR count). The number of hydrogen-bond acceptors (Lipinski definition) is 4. The molecule has 0 bridgehead atoms. The van der Waals surface area contributed by atoms with Gasteiger partial charge in [-0.3, -0.25) is 4.79 Å². The second-order valence-electron chi connectivity index (χ2n) is 5.36.